The van der Waals surface area contributed by atoms with Gasteiger partial charge in [-0.05, 0) is 68.0 Å². The molecule has 0 radical (unpaired) electrons. The van der Waals surface area contributed by atoms with E-state index in [1.54, 1.807) is 23.9 Å². The lowest BCUT2D eigenvalue weighted by Gasteiger charge is -2.30. The van der Waals surface area contributed by atoms with E-state index in [4.69, 9.17) is 0 Å². The fourth-order valence-electron chi connectivity index (χ4n) is 5.18. The molecule has 9 heteroatoms. The summed E-state index contributed by atoms with van der Waals surface area (Å²) in [5.74, 6) is -0.389. The number of nitrogens with zero attached hydrogens (tertiary/aromatic N) is 2. The number of thioether (sulfide) groups is 1. The molecular formula is C28H31N3O4S2. The average Bonchev–Trinajstić information content (AvgIpc) is 3.20. The second-order valence-corrected chi connectivity index (χ2v) is 12.3. The quantitative estimate of drug-likeness (QED) is 0.391. The third-order valence-electron chi connectivity index (χ3n) is 7.30. The number of benzene rings is 3. The van der Waals surface area contributed by atoms with Crippen LogP contribution in [0.3, 0.4) is 0 Å². The van der Waals surface area contributed by atoms with Crippen LogP contribution >= 0.6 is 11.8 Å². The third-order valence-corrected chi connectivity index (χ3v) is 9.96. The number of carbonyl (C=O) groups is 2. The van der Waals surface area contributed by atoms with Crippen LogP contribution in [0.5, 0.6) is 0 Å². The van der Waals surface area contributed by atoms with Gasteiger partial charge in [0.25, 0.3) is 5.91 Å². The van der Waals surface area contributed by atoms with Crippen molar-refractivity contribution in [2.45, 2.75) is 42.4 Å². The molecule has 1 fully saturated rings. The molecule has 1 saturated heterocycles. The van der Waals surface area contributed by atoms with E-state index < -0.39 is 10.0 Å². The highest BCUT2D eigenvalue weighted by Crippen LogP contribution is 2.41. The molecule has 2 heterocycles. The van der Waals surface area contributed by atoms with Gasteiger partial charge in [-0.1, -0.05) is 25.5 Å². The fraction of sp³-hybridized carbons (Fsp3) is 0.357. The van der Waals surface area contributed by atoms with Gasteiger partial charge >= 0.3 is 0 Å². The van der Waals surface area contributed by atoms with Gasteiger partial charge in [0, 0.05) is 52.5 Å². The highest BCUT2D eigenvalue weighted by molar-refractivity contribution is 7.98. The lowest BCUT2D eigenvalue weighted by molar-refractivity contribution is -0.120. The predicted octanol–water partition coefficient (Wildman–Crippen LogP) is 5.36. The highest BCUT2D eigenvalue weighted by atomic mass is 32.2. The zero-order valence-electron chi connectivity index (χ0n) is 21.1. The maximum Gasteiger partial charge on any atom is 0.258 e. The molecule has 194 valence electrons. The monoisotopic (exact) mass is 537 g/mol. The summed E-state index contributed by atoms with van der Waals surface area (Å²) in [5, 5.41) is 4.80. The maximum atomic E-state index is 13.2. The summed E-state index contributed by atoms with van der Waals surface area (Å²) in [6.07, 6.45) is 4.79. The Hall–Kier alpha value is -2.88. The minimum absolute atomic E-state index is 0.00851. The minimum atomic E-state index is -3.59. The molecule has 1 N–H and O–H groups in total. The van der Waals surface area contributed by atoms with Gasteiger partial charge in [0.05, 0.1) is 10.6 Å². The molecule has 7 nitrogen and oxygen atoms in total. The first-order chi connectivity index (χ1) is 17.8. The standard InChI is InChI=1S/C28H31N3O4S2/c1-3-4-16-31-25-13-12-24(22-6-5-7-23(26(22)25)28(31)33)29-27(32)19-14-17-30(18-15-19)37(34,35)21-10-8-20(36-2)9-11-21/h5-13,19H,3-4,14-18H2,1-2H3,(H,29,32). The molecule has 0 spiro atoms. The number of rotatable bonds is 8. The molecule has 0 saturated carbocycles. The molecule has 2 aliphatic heterocycles. The van der Waals surface area contributed by atoms with Crippen molar-refractivity contribution in [3.05, 3.63) is 60.2 Å². The molecule has 0 unspecified atom stereocenters. The number of anilines is 2. The van der Waals surface area contributed by atoms with Crippen molar-refractivity contribution in [1.29, 1.82) is 0 Å². The van der Waals surface area contributed by atoms with E-state index in [0.29, 0.717) is 43.7 Å². The minimum Gasteiger partial charge on any atom is -0.325 e. The summed E-state index contributed by atoms with van der Waals surface area (Å²) in [4.78, 5) is 29.3. The molecule has 0 atom stereocenters. The number of amides is 2. The van der Waals surface area contributed by atoms with Crippen LogP contribution in [0.25, 0.3) is 10.8 Å². The molecule has 2 aliphatic rings. The van der Waals surface area contributed by atoms with E-state index in [1.165, 1.54) is 4.31 Å². The molecule has 2 amide bonds. The van der Waals surface area contributed by atoms with Crippen LogP contribution in [0.1, 0.15) is 43.0 Å². The van der Waals surface area contributed by atoms with E-state index in [-0.39, 0.29) is 22.6 Å². The number of sulfonamides is 1. The van der Waals surface area contributed by atoms with Crippen LogP contribution in [0.2, 0.25) is 0 Å². The molecule has 3 aromatic carbocycles. The van der Waals surface area contributed by atoms with Crippen molar-refractivity contribution in [2.24, 2.45) is 5.92 Å². The van der Waals surface area contributed by atoms with Gasteiger partial charge in [-0.3, -0.25) is 9.59 Å². The first kappa shape index (κ1) is 25.8. The lowest BCUT2D eigenvalue weighted by atomic mass is 9.96. The van der Waals surface area contributed by atoms with E-state index in [2.05, 4.69) is 12.2 Å². The molecule has 0 aliphatic carbocycles. The highest BCUT2D eigenvalue weighted by Gasteiger charge is 2.33. The summed E-state index contributed by atoms with van der Waals surface area (Å²) in [6, 6.07) is 16.3. The van der Waals surface area contributed by atoms with Crippen LogP contribution in [-0.2, 0) is 14.8 Å². The first-order valence-electron chi connectivity index (χ1n) is 12.7. The number of hydrogen-bond donors (Lipinski definition) is 1. The van der Waals surface area contributed by atoms with Crippen molar-refractivity contribution >= 4 is 55.7 Å². The Labute approximate surface area is 222 Å². The Kier molecular flexibility index (Phi) is 7.29. The van der Waals surface area contributed by atoms with Gasteiger partial charge in [0.15, 0.2) is 0 Å². The SMILES string of the molecule is CCCCN1C(=O)c2cccc3c(NC(=O)C4CCN(S(=O)(=O)c5ccc(SC)cc5)CC4)ccc1c23. The average molecular weight is 538 g/mol. The summed E-state index contributed by atoms with van der Waals surface area (Å²) in [6.45, 7) is 3.38. The van der Waals surface area contributed by atoms with E-state index in [0.717, 1.165) is 34.2 Å². The maximum absolute atomic E-state index is 13.2. The lowest BCUT2D eigenvalue weighted by Crippen LogP contribution is -2.41. The van der Waals surface area contributed by atoms with Crippen molar-refractivity contribution in [3.63, 3.8) is 0 Å². The smallest absolute Gasteiger partial charge is 0.258 e. The second-order valence-electron chi connectivity index (χ2n) is 9.51. The Bertz CT molecular complexity index is 1450. The second kappa shape index (κ2) is 10.5. The van der Waals surface area contributed by atoms with Crippen LogP contribution in [0, 0.1) is 5.92 Å². The Morgan fingerprint density at radius 2 is 1.78 bits per heavy atom. The summed E-state index contributed by atoms with van der Waals surface area (Å²) in [5.41, 5.74) is 2.24. The van der Waals surface area contributed by atoms with Gasteiger partial charge in [0.1, 0.15) is 0 Å². The summed E-state index contributed by atoms with van der Waals surface area (Å²) < 4.78 is 27.6. The Balaban J connectivity index is 1.29. The zero-order valence-corrected chi connectivity index (χ0v) is 22.7. The molecule has 0 aromatic heterocycles. The van der Waals surface area contributed by atoms with Crippen LogP contribution in [0.4, 0.5) is 11.4 Å². The number of hydrogen-bond acceptors (Lipinski definition) is 5. The predicted molar refractivity (Wildman–Crippen MR) is 149 cm³/mol. The topological polar surface area (TPSA) is 86.8 Å². The molecule has 5 rings (SSSR count). The van der Waals surface area contributed by atoms with Crippen molar-refractivity contribution in [1.82, 2.24) is 4.31 Å². The van der Waals surface area contributed by atoms with Gasteiger partial charge in [0.2, 0.25) is 15.9 Å². The van der Waals surface area contributed by atoms with Crippen LogP contribution in [0.15, 0.2) is 64.4 Å². The van der Waals surface area contributed by atoms with Crippen LogP contribution < -0.4 is 10.2 Å². The van der Waals surface area contributed by atoms with Gasteiger partial charge < -0.3 is 10.2 Å². The fourth-order valence-corrected chi connectivity index (χ4v) is 7.06. The van der Waals surface area contributed by atoms with Gasteiger partial charge in [-0.2, -0.15) is 4.31 Å². The van der Waals surface area contributed by atoms with Gasteiger partial charge in [-0.25, -0.2) is 8.42 Å². The zero-order chi connectivity index (χ0) is 26.2. The number of unbranched alkanes of at least 4 members (excludes halogenated alkanes) is 1. The molecule has 3 aromatic rings. The first-order valence-corrected chi connectivity index (χ1v) is 15.3. The Morgan fingerprint density at radius 3 is 2.46 bits per heavy atom. The van der Waals surface area contributed by atoms with Crippen molar-refractivity contribution in [3.8, 4) is 0 Å². The van der Waals surface area contributed by atoms with E-state index in [1.807, 2.05) is 53.6 Å². The van der Waals surface area contributed by atoms with Crippen molar-refractivity contribution in [2.75, 3.05) is 36.1 Å². The van der Waals surface area contributed by atoms with Crippen LogP contribution in [-0.4, -0.2) is 50.4 Å². The Morgan fingerprint density at radius 1 is 1.05 bits per heavy atom. The molecular weight excluding hydrogens is 506 g/mol. The van der Waals surface area contributed by atoms with Crippen molar-refractivity contribution < 1.29 is 18.0 Å². The van der Waals surface area contributed by atoms with E-state index >= 15 is 0 Å². The largest absolute Gasteiger partial charge is 0.325 e. The molecule has 37 heavy (non-hydrogen) atoms. The van der Waals surface area contributed by atoms with E-state index in [9.17, 15) is 18.0 Å². The summed E-state index contributed by atoms with van der Waals surface area (Å²) in [7, 11) is -3.59. The normalized spacial score (nSPS) is 16.5. The number of nitrogens with one attached hydrogen (secondary N) is 1. The number of piperidine rings is 1. The summed E-state index contributed by atoms with van der Waals surface area (Å²) >= 11 is 1.56. The molecule has 0 bridgehead atoms. The number of carbonyl (C=O) groups excluding carboxylic acids is 2. The van der Waals surface area contributed by atoms with Gasteiger partial charge in [-0.15, -0.1) is 11.8 Å². The third kappa shape index (κ3) is 4.76.